The van der Waals surface area contributed by atoms with Crippen molar-refractivity contribution in [1.29, 1.82) is 0 Å². The maximum Gasteiger partial charge on any atom is 0.243 e. The van der Waals surface area contributed by atoms with Crippen molar-refractivity contribution in [2.24, 2.45) is 0 Å². The molecule has 1 fully saturated rings. The van der Waals surface area contributed by atoms with E-state index in [2.05, 4.69) is 10.1 Å². The summed E-state index contributed by atoms with van der Waals surface area (Å²) in [4.78, 5) is 4.80. The number of sulfonamides is 1. The second-order valence-corrected chi connectivity index (χ2v) is 9.29. The first-order valence-electron chi connectivity index (χ1n) is 10.1. The molecule has 1 unspecified atom stereocenters. The summed E-state index contributed by atoms with van der Waals surface area (Å²) >= 11 is 0. The SMILES string of the molecule is O=S(=O)(c1ccccc1)N1CCCC(c2nc(CCOCc3ccccc3)no2)C1. The number of rotatable bonds is 8. The topological polar surface area (TPSA) is 85.5 Å². The van der Waals surface area contributed by atoms with Crippen molar-refractivity contribution in [3.8, 4) is 0 Å². The fraction of sp³-hybridized carbons (Fsp3) is 0.364. The molecule has 8 heteroatoms. The number of piperidine rings is 1. The molecule has 0 saturated carbocycles. The third-order valence-electron chi connectivity index (χ3n) is 5.18. The van der Waals surface area contributed by atoms with E-state index >= 15 is 0 Å². The summed E-state index contributed by atoms with van der Waals surface area (Å²) in [5.74, 6) is 0.992. The van der Waals surface area contributed by atoms with Gasteiger partial charge in [-0.3, -0.25) is 0 Å². The van der Waals surface area contributed by atoms with Gasteiger partial charge in [-0.05, 0) is 30.5 Å². The van der Waals surface area contributed by atoms with Gasteiger partial charge in [-0.1, -0.05) is 53.7 Å². The van der Waals surface area contributed by atoms with Gasteiger partial charge >= 0.3 is 0 Å². The number of benzene rings is 2. The zero-order valence-electron chi connectivity index (χ0n) is 16.7. The highest BCUT2D eigenvalue weighted by atomic mass is 32.2. The van der Waals surface area contributed by atoms with Gasteiger partial charge in [-0.25, -0.2) is 8.42 Å². The van der Waals surface area contributed by atoms with Gasteiger partial charge in [-0.15, -0.1) is 0 Å². The van der Waals surface area contributed by atoms with Gasteiger partial charge in [0.2, 0.25) is 15.9 Å². The molecule has 1 aromatic heterocycles. The first kappa shape index (κ1) is 20.7. The molecule has 158 valence electrons. The maximum absolute atomic E-state index is 12.9. The molecule has 30 heavy (non-hydrogen) atoms. The average Bonchev–Trinajstić information content (AvgIpc) is 3.27. The van der Waals surface area contributed by atoms with Crippen LogP contribution in [-0.2, 0) is 27.8 Å². The highest BCUT2D eigenvalue weighted by Gasteiger charge is 2.33. The van der Waals surface area contributed by atoms with E-state index in [0.29, 0.717) is 49.3 Å². The molecule has 2 aromatic carbocycles. The molecule has 1 aliphatic rings. The predicted octanol–water partition coefficient (Wildman–Crippen LogP) is 3.40. The lowest BCUT2D eigenvalue weighted by molar-refractivity contribution is 0.122. The van der Waals surface area contributed by atoms with Crippen LogP contribution in [0.4, 0.5) is 0 Å². The monoisotopic (exact) mass is 427 g/mol. The minimum Gasteiger partial charge on any atom is -0.376 e. The Kier molecular flexibility index (Phi) is 6.56. The van der Waals surface area contributed by atoms with Crippen molar-refractivity contribution in [1.82, 2.24) is 14.4 Å². The van der Waals surface area contributed by atoms with E-state index in [9.17, 15) is 8.42 Å². The number of nitrogens with zero attached hydrogens (tertiary/aromatic N) is 3. The average molecular weight is 428 g/mol. The summed E-state index contributed by atoms with van der Waals surface area (Å²) in [6.07, 6.45) is 2.14. The van der Waals surface area contributed by atoms with Crippen LogP contribution >= 0.6 is 0 Å². The molecular formula is C22H25N3O4S. The standard InChI is InChI=1S/C22H25N3O4S/c26-30(27,20-11-5-2-6-12-20)25-14-7-10-19(16-25)22-23-21(24-29-22)13-15-28-17-18-8-3-1-4-9-18/h1-6,8-9,11-12,19H,7,10,13-17H2. The minimum absolute atomic E-state index is 0.0938. The number of aromatic nitrogens is 2. The van der Waals surface area contributed by atoms with Crippen LogP contribution in [0.5, 0.6) is 0 Å². The van der Waals surface area contributed by atoms with E-state index in [1.807, 2.05) is 36.4 Å². The van der Waals surface area contributed by atoms with Crippen LogP contribution in [0.1, 0.15) is 36.0 Å². The molecule has 0 aliphatic carbocycles. The molecule has 1 aliphatic heterocycles. The van der Waals surface area contributed by atoms with Crippen LogP contribution in [0, 0.1) is 0 Å². The highest BCUT2D eigenvalue weighted by Crippen LogP contribution is 2.29. The van der Waals surface area contributed by atoms with Crippen LogP contribution in [0.2, 0.25) is 0 Å². The van der Waals surface area contributed by atoms with E-state index in [1.54, 1.807) is 24.3 Å². The Bertz CT molecular complexity index is 1040. The summed E-state index contributed by atoms with van der Waals surface area (Å²) in [7, 11) is -3.52. The summed E-state index contributed by atoms with van der Waals surface area (Å²) in [6.45, 7) is 1.89. The molecule has 3 aromatic rings. The normalized spacial score (nSPS) is 17.8. The molecule has 7 nitrogen and oxygen atoms in total. The molecule has 1 atom stereocenters. The van der Waals surface area contributed by atoms with Crippen molar-refractivity contribution < 1.29 is 17.7 Å². The molecule has 0 radical (unpaired) electrons. The first-order chi connectivity index (χ1) is 14.6. The fourth-order valence-corrected chi connectivity index (χ4v) is 5.11. The lowest BCUT2D eigenvalue weighted by Crippen LogP contribution is -2.39. The van der Waals surface area contributed by atoms with Crippen molar-refractivity contribution >= 4 is 10.0 Å². The second kappa shape index (κ2) is 9.51. The third-order valence-corrected chi connectivity index (χ3v) is 7.06. The predicted molar refractivity (Wildman–Crippen MR) is 111 cm³/mol. The fourth-order valence-electron chi connectivity index (χ4n) is 3.57. The Morgan fingerprint density at radius 1 is 1.07 bits per heavy atom. The number of hydrogen-bond acceptors (Lipinski definition) is 6. The molecule has 2 heterocycles. The summed E-state index contributed by atoms with van der Waals surface area (Å²) in [6, 6.07) is 18.5. The van der Waals surface area contributed by atoms with Crippen LogP contribution in [0.3, 0.4) is 0 Å². The lowest BCUT2D eigenvalue weighted by atomic mass is 10.00. The zero-order chi connectivity index (χ0) is 20.8. The van der Waals surface area contributed by atoms with E-state index in [1.165, 1.54) is 4.31 Å². The largest absolute Gasteiger partial charge is 0.376 e. The van der Waals surface area contributed by atoms with Crippen LogP contribution in [0.15, 0.2) is 70.1 Å². The van der Waals surface area contributed by atoms with Crippen molar-refractivity contribution in [3.05, 3.63) is 77.9 Å². The van der Waals surface area contributed by atoms with Gasteiger partial charge in [-0.2, -0.15) is 9.29 Å². The van der Waals surface area contributed by atoms with Crippen molar-refractivity contribution in [2.45, 2.75) is 36.7 Å². The summed E-state index contributed by atoms with van der Waals surface area (Å²) < 4.78 is 38.5. The van der Waals surface area contributed by atoms with Crippen molar-refractivity contribution in [3.63, 3.8) is 0 Å². The maximum atomic E-state index is 12.9. The van der Waals surface area contributed by atoms with Gasteiger partial charge in [0.1, 0.15) is 0 Å². The molecule has 0 spiro atoms. The van der Waals surface area contributed by atoms with E-state index in [-0.39, 0.29) is 5.92 Å². The first-order valence-corrected chi connectivity index (χ1v) is 11.6. The lowest BCUT2D eigenvalue weighted by Gasteiger charge is -2.30. The Balaban J connectivity index is 1.33. The van der Waals surface area contributed by atoms with Gasteiger partial charge in [0.05, 0.1) is 24.0 Å². The Hall–Kier alpha value is -2.55. The molecule has 0 N–H and O–H groups in total. The second-order valence-electron chi connectivity index (χ2n) is 7.35. The highest BCUT2D eigenvalue weighted by molar-refractivity contribution is 7.89. The number of ether oxygens (including phenoxy) is 1. The van der Waals surface area contributed by atoms with Gasteiger partial charge in [0.15, 0.2) is 5.82 Å². The van der Waals surface area contributed by atoms with Crippen LogP contribution in [-0.4, -0.2) is 42.6 Å². The van der Waals surface area contributed by atoms with Gasteiger partial charge < -0.3 is 9.26 Å². The van der Waals surface area contributed by atoms with Crippen LogP contribution in [0.25, 0.3) is 0 Å². The Morgan fingerprint density at radius 2 is 1.80 bits per heavy atom. The zero-order valence-corrected chi connectivity index (χ0v) is 17.5. The molecular weight excluding hydrogens is 402 g/mol. The molecule has 4 rings (SSSR count). The number of hydrogen-bond donors (Lipinski definition) is 0. The van der Waals surface area contributed by atoms with Crippen molar-refractivity contribution in [2.75, 3.05) is 19.7 Å². The Labute approximate surface area is 176 Å². The van der Waals surface area contributed by atoms with E-state index in [0.717, 1.165) is 18.4 Å². The summed E-state index contributed by atoms with van der Waals surface area (Å²) in [5.41, 5.74) is 1.12. The molecule has 0 bridgehead atoms. The molecule has 0 amide bonds. The minimum atomic E-state index is -3.52. The smallest absolute Gasteiger partial charge is 0.243 e. The van der Waals surface area contributed by atoms with Gasteiger partial charge in [0, 0.05) is 19.5 Å². The molecule has 1 saturated heterocycles. The van der Waals surface area contributed by atoms with E-state index < -0.39 is 10.0 Å². The van der Waals surface area contributed by atoms with Gasteiger partial charge in [0.25, 0.3) is 0 Å². The quantitative estimate of drug-likeness (QED) is 0.512. The third kappa shape index (κ3) is 4.95. The Morgan fingerprint density at radius 3 is 2.57 bits per heavy atom. The van der Waals surface area contributed by atoms with Crippen LogP contribution < -0.4 is 0 Å². The van der Waals surface area contributed by atoms with E-state index in [4.69, 9.17) is 9.26 Å². The summed E-state index contributed by atoms with van der Waals surface area (Å²) in [5, 5.41) is 4.05.